The van der Waals surface area contributed by atoms with Crippen molar-refractivity contribution >= 4 is 15.9 Å². The summed E-state index contributed by atoms with van der Waals surface area (Å²) >= 11 is 2.99. The summed E-state index contributed by atoms with van der Waals surface area (Å²) < 4.78 is 13.1. The smallest absolute Gasteiger partial charge is 0.156 e. The molecule has 1 aromatic rings. The Morgan fingerprint density at radius 2 is 2.42 bits per heavy atom. The third-order valence-corrected chi connectivity index (χ3v) is 2.02. The van der Waals surface area contributed by atoms with Crippen molar-refractivity contribution in [1.29, 1.82) is 0 Å². The lowest BCUT2D eigenvalue weighted by Gasteiger charge is -2.01. The van der Waals surface area contributed by atoms with Crippen LogP contribution in [0.1, 0.15) is 12.5 Å². The Labute approximate surface area is 79.3 Å². The van der Waals surface area contributed by atoms with Crippen LogP contribution in [-0.2, 0) is 6.54 Å². The second-order valence-electron chi connectivity index (χ2n) is 2.40. The number of hydrogen-bond donors (Lipinski definition) is 1. The lowest BCUT2D eigenvalue weighted by atomic mass is 10.3. The highest BCUT2D eigenvalue weighted by Gasteiger charge is 2.00. The highest BCUT2D eigenvalue weighted by atomic mass is 79.9. The standard InChI is InChI=1S/C8H10BrFN2/c1-2-11-4-6-3-7(10)8(9)12-5-6/h3,5,11H,2,4H2,1H3. The van der Waals surface area contributed by atoms with Gasteiger partial charge in [0.2, 0.25) is 0 Å². The van der Waals surface area contributed by atoms with E-state index in [0.717, 1.165) is 12.1 Å². The van der Waals surface area contributed by atoms with E-state index < -0.39 is 0 Å². The molecule has 0 saturated carbocycles. The van der Waals surface area contributed by atoms with Gasteiger partial charge in [0, 0.05) is 12.7 Å². The quantitative estimate of drug-likeness (QED) is 0.808. The van der Waals surface area contributed by atoms with Crippen molar-refractivity contribution in [3.63, 3.8) is 0 Å². The first-order valence-electron chi connectivity index (χ1n) is 3.74. The second kappa shape index (κ2) is 4.52. The molecule has 0 atom stereocenters. The van der Waals surface area contributed by atoms with Crippen LogP contribution in [0.5, 0.6) is 0 Å². The van der Waals surface area contributed by atoms with Crippen LogP contribution in [0, 0.1) is 5.82 Å². The van der Waals surface area contributed by atoms with Crippen molar-refractivity contribution in [2.45, 2.75) is 13.5 Å². The molecule has 0 radical (unpaired) electrons. The highest BCUT2D eigenvalue weighted by molar-refractivity contribution is 9.10. The maximum Gasteiger partial charge on any atom is 0.156 e. The summed E-state index contributed by atoms with van der Waals surface area (Å²) in [5.74, 6) is -0.314. The van der Waals surface area contributed by atoms with Gasteiger partial charge >= 0.3 is 0 Å². The van der Waals surface area contributed by atoms with Crippen molar-refractivity contribution in [3.8, 4) is 0 Å². The maximum absolute atomic E-state index is 12.9. The monoisotopic (exact) mass is 232 g/mol. The fourth-order valence-electron chi connectivity index (χ4n) is 0.827. The summed E-state index contributed by atoms with van der Waals surface area (Å²) in [5.41, 5.74) is 0.859. The molecule has 0 aliphatic rings. The summed E-state index contributed by atoms with van der Waals surface area (Å²) in [7, 11) is 0. The van der Waals surface area contributed by atoms with E-state index in [1.807, 2.05) is 6.92 Å². The van der Waals surface area contributed by atoms with Crippen molar-refractivity contribution in [1.82, 2.24) is 10.3 Å². The number of rotatable bonds is 3. The molecule has 4 heteroatoms. The Hall–Kier alpha value is -0.480. The molecule has 12 heavy (non-hydrogen) atoms. The molecule has 0 amide bonds. The molecule has 1 aromatic heterocycles. The van der Waals surface area contributed by atoms with Crippen molar-refractivity contribution in [3.05, 3.63) is 28.2 Å². The van der Waals surface area contributed by atoms with Gasteiger partial charge in [0.1, 0.15) is 4.60 Å². The van der Waals surface area contributed by atoms with Gasteiger partial charge in [-0.15, -0.1) is 0 Å². The van der Waals surface area contributed by atoms with E-state index in [4.69, 9.17) is 0 Å². The summed E-state index contributed by atoms with van der Waals surface area (Å²) in [6.07, 6.45) is 1.65. The first-order chi connectivity index (χ1) is 5.74. The Bertz CT molecular complexity index is 265. The van der Waals surface area contributed by atoms with Crippen LogP contribution in [0.3, 0.4) is 0 Å². The molecule has 0 bridgehead atoms. The SMILES string of the molecule is CCNCc1cnc(Br)c(F)c1. The number of aromatic nitrogens is 1. The topological polar surface area (TPSA) is 24.9 Å². The van der Waals surface area contributed by atoms with E-state index in [1.165, 1.54) is 6.07 Å². The van der Waals surface area contributed by atoms with Gasteiger partial charge < -0.3 is 5.32 Å². The number of nitrogens with zero attached hydrogens (tertiary/aromatic N) is 1. The van der Waals surface area contributed by atoms with E-state index in [-0.39, 0.29) is 10.4 Å². The second-order valence-corrected chi connectivity index (χ2v) is 3.15. The van der Waals surface area contributed by atoms with Crippen LogP contribution in [0.4, 0.5) is 4.39 Å². The molecule has 2 nitrogen and oxygen atoms in total. The van der Waals surface area contributed by atoms with Crippen LogP contribution < -0.4 is 5.32 Å². The molecule has 0 aliphatic heterocycles. The molecule has 0 unspecified atom stereocenters. The lowest BCUT2D eigenvalue weighted by Crippen LogP contribution is -2.12. The van der Waals surface area contributed by atoms with E-state index in [2.05, 4.69) is 26.2 Å². The summed E-state index contributed by atoms with van der Waals surface area (Å²) in [6, 6.07) is 1.47. The fourth-order valence-corrected chi connectivity index (χ4v) is 1.04. The number of halogens is 2. The molecule has 0 aliphatic carbocycles. The average molecular weight is 233 g/mol. The normalized spacial score (nSPS) is 10.2. The Morgan fingerprint density at radius 3 is 3.00 bits per heavy atom. The van der Waals surface area contributed by atoms with E-state index in [1.54, 1.807) is 6.20 Å². The molecule has 1 rings (SSSR count). The van der Waals surface area contributed by atoms with Crippen molar-refractivity contribution < 1.29 is 4.39 Å². The molecule has 0 aromatic carbocycles. The predicted molar refractivity (Wildman–Crippen MR) is 49.3 cm³/mol. The van der Waals surface area contributed by atoms with Crippen LogP contribution in [0.15, 0.2) is 16.9 Å². The first kappa shape index (κ1) is 9.61. The van der Waals surface area contributed by atoms with Gasteiger partial charge in [0.15, 0.2) is 5.82 Å². The largest absolute Gasteiger partial charge is 0.313 e. The van der Waals surface area contributed by atoms with Gasteiger partial charge in [-0.05, 0) is 34.1 Å². The Balaban J connectivity index is 2.69. The molecular formula is C8H10BrFN2. The van der Waals surface area contributed by atoms with Gasteiger partial charge in [-0.2, -0.15) is 0 Å². The zero-order chi connectivity index (χ0) is 8.97. The minimum absolute atomic E-state index is 0.266. The minimum Gasteiger partial charge on any atom is -0.313 e. The minimum atomic E-state index is -0.314. The molecule has 66 valence electrons. The van der Waals surface area contributed by atoms with Crippen molar-refractivity contribution in [2.75, 3.05) is 6.54 Å². The fraction of sp³-hybridized carbons (Fsp3) is 0.375. The summed E-state index contributed by atoms with van der Waals surface area (Å²) in [5, 5.41) is 3.09. The van der Waals surface area contributed by atoms with E-state index in [9.17, 15) is 4.39 Å². The van der Waals surface area contributed by atoms with Gasteiger partial charge in [-0.3, -0.25) is 0 Å². The van der Waals surface area contributed by atoms with Gasteiger partial charge in [-0.1, -0.05) is 6.92 Å². The number of pyridine rings is 1. The van der Waals surface area contributed by atoms with Crippen LogP contribution in [-0.4, -0.2) is 11.5 Å². The molecule has 1 N–H and O–H groups in total. The molecular weight excluding hydrogens is 223 g/mol. The Morgan fingerprint density at radius 1 is 1.67 bits per heavy atom. The van der Waals surface area contributed by atoms with E-state index in [0.29, 0.717) is 6.54 Å². The molecule has 0 saturated heterocycles. The van der Waals surface area contributed by atoms with Gasteiger partial charge in [0.25, 0.3) is 0 Å². The van der Waals surface area contributed by atoms with Gasteiger partial charge in [0.05, 0.1) is 0 Å². The third-order valence-electron chi connectivity index (χ3n) is 1.43. The molecule has 0 spiro atoms. The van der Waals surface area contributed by atoms with Crippen LogP contribution in [0.2, 0.25) is 0 Å². The molecule has 1 heterocycles. The van der Waals surface area contributed by atoms with Crippen LogP contribution in [0.25, 0.3) is 0 Å². The summed E-state index contributed by atoms with van der Waals surface area (Å²) in [6.45, 7) is 3.54. The summed E-state index contributed by atoms with van der Waals surface area (Å²) in [4.78, 5) is 3.83. The van der Waals surface area contributed by atoms with Crippen LogP contribution >= 0.6 is 15.9 Å². The van der Waals surface area contributed by atoms with Gasteiger partial charge in [-0.25, -0.2) is 9.37 Å². The zero-order valence-corrected chi connectivity index (χ0v) is 8.36. The van der Waals surface area contributed by atoms with E-state index >= 15 is 0 Å². The van der Waals surface area contributed by atoms with Crippen molar-refractivity contribution in [2.24, 2.45) is 0 Å². The number of nitrogens with one attached hydrogen (secondary N) is 1. The first-order valence-corrected chi connectivity index (χ1v) is 4.54. The zero-order valence-electron chi connectivity index (χ0n) is 6.77. The highest BCUT2D eigenvalue weighted by Crippen LogP contribution is 2.12. The predicted octanol–water partition coefficient (Wildman–Crippen LogP) is 2.09. The maximum atomic E-state index is 12.9. The molecule has 0 fully saturated rings. The third kappa shape index (κ3) is 2.53. The average Bonchev–Trinajstić information content (AvgIpc) is 2.07. The number of hydrogen-bond acceptors (Lipinski definition) is 2. The lowest BCUT2D eigenvalue weighted by molar-refractivity contribution is 0.606. The Kier molecular flexibility index (Phi) is 3.62.